The van der Waals surface area contributed by atoms with Crippen LogP contribution < -0.4 is 10.2 Å². The van der Waals surface area contributed by atoms with E-state index in [1.165, 1.54) is 0 Å². The van der Waals surface area contributed by atoms with E-state index in [1.54, 1.807) is 0 Å². The molecular formula is C22H25N3O3. The van der Waals surface area contributed by atoms with Crippen molar-refractivity contribution in [1.82, 2.24) is 10.5 Å². The number of aromatic nitrogens is 1. The predicted octanol–water partition coefficient (Wildman–Crippen LogP) is 2.91. The molecule has 0 saturated carbocycles. The Hall–Kier alpha value is -3.07. The van der Waals surface area contributed by atoms with Gasteiger partial charge in [-0.3, -0.25) is 9.59 Å². The first-order valence-corrected chi connectivity index (χ1v) is 9.62. The molecule has 2 aromatic rings. The Balaban J connectivity index is 1.45. The highest BCUT2D eigenvalue weighted by Gasteiger charge is 2.19. The molecule has 1 saturated heterocycles. The monoisotopic (exact) mass is 379 g/mol. The zero-order valence-corrected chi connectivity index (χ0v) is 16.4. The van der Waals surface area contributed by atoms with E-state index in [4.69, 9.17) is 4.52 Å². The molecule has 1 fully saturated rings. The molecule has 1 aromatic heterocycles. The Bertz CT molecular complexity index is 884. The minimum absolute atomic E-state index is 0.0479. The fourth-order valence-corrected chi connectivity index (χ4v) is 3.28. The minimum Gasteiger partial charge on any atom is -0.361 e. The molecule has 2 heterocycles. The molecule has 1 aliphatic heterocycles. The van der Waals surface area contributed by atoms with E-state index in [2.05, 4.69) is 22.3 Å². The third-order valence-electron chi connectivity index (χ3n) is 4.89. The second-order valence-corrected chi connectivity index (χ2v) is 6.93. The van der Waals surface area contributed by atoms with Crippen molar-refractivity contribution in [3.8, 4) is 11.8 Å². The van der Waals surface area contributed by atoms with Crippen molar-refractivity contribution >= 4 is 17.5 Å². The molecule has 28 heavy (non-hydrogen) atoms. The number of piperidine rings is 1. The van der Waals surface area contributed by atoms with Gasteiger partial charge in [-0.25, -0.2) is 0 Å². The van der Waals surface area contributed by atoms with Gasteiger partial charge in [-0.05, 0) is 57.4 Å². The first-order chi connectivity index (χ1) is 13.5. The number of hydrogen-bond donors (Lipinski definition) is 1. The third-order valence-corrected chi connectivity index (χ3v) is 4.89. The molecule has 0 atom stereocenters. The first kappa shape index (κ1) is 19.7. The highest BCUT2D eigenvalue weighted by molar-refractivity contribution is 5.94. The number of hydrogen-bond acceptors (Lipinski definition) is 4. The summed E-state index contributed by atoms with van der Waals surface area (Å²) in [7, 11) is 0. The SMILES string of the molecule is Cc1noc(C)c1CCC(=O)NCC#Cc1ccc(N2CCCCC2=O)cc1. The summed E-state index contributed by atoms with van der Waals surface area (Å²) in [6.07, 6.45) is 3.63. The van der Waals surface area contributed by atoms with E-state index < -0.39 is 0 Å². The lowest BCUT2D eigenvalue weighted by Gasteiger charge is -2.26. The lowest BCUT2D eigenvalue weighted by molar-refractivity contribution is -0.121. The maximum absolute atomic E-state index is 12.0. The number of nitrogens with one attached hydrogen (secondary N) is 1. The van der Waals surface area contributed by atoms with Crippen LogP contribution in [-0.4, -0.2) is 30.1 Å². The summed E-state index contributed by atoms with van der Waals surface area (Å²) in [6.45, 7) is 4.81. The van der Waals surface area contributed by atoms with Gasteiger partial charge in [-0.2, -0.15) is 0 Å². The molecule has 2 amide bonds. The Morgan fingerprint density at radius 1 is 1.25 bits per heavy atom. The van der Waals surface area contributed by atoms with Gasteiger partial charge in [0.05, 0.1) is 12.2 Å². The summed E-state index contributed by atoms with van der Waals surface area (Å²) >= 11 is 0. The van der Waals surface area contributed by atoms with Gasteiger partial charge in [0.25, 0.3) is 0 Å². The minimum atomic E-state index is -0.0479. The van der Waals surface area contributed by atoms with Crippen LogP contribution in [0.15, 0.2) is 28.8 Å². The maximum Gasteiger partial charge on any atom is 0.226 e. The number of carbonyl (C=O) groups excluding carboxylic acids is 2. The van der Waals surface area contributed by atoms with Crippen LogP contribution in [0.1, 0.15) is 48.3 Å². The summed E-state index contributed by atoms with van der Waals surface area (Å²) in [4.78, 5) is 25.8. The molecule has 0 aliphatic carbocycles. The standard InChI is InChI=1S/C22H25N3O3/c1-16-20(17(2)28-24-16)12-13-21(26)23-14-5-6-18-8-10-19(11-9-18)25-15-4-3-7-22(25)27/h8-11H,3-4,7,12-15H2,1-2H3,(H,23,26). The average Bonchev–Trinajstić information content (AvgIpc) is 3.02. The van der Waals surface area contributed by atoms with Gasteiger partial charge in [-0.15, -0.1) is 0 Å². The number of nitrogens with zero attached hydrogens (tertiary/aromatic N) is 2. The van der Waals surface area contributed by atoms with Crippen molar-refractivity contribution < 1.29 is 14.1 Å². The molecule has 146 valence electrons. The van der Waals surface area contributed by atoms with Crippen LogP contribution >= 0.6 is 0 Å². The molecule has 1 aliphatic rings. The molecule has 0 bridgehead atoms. The molecule has 6 nitrogen and oxygen atoms in total. The Morgan fingerprint density at radius 3 is 2.71 bits per heavy atom. The molecule has 6 heteroatoms. The van der Waals surface area contributed by atoms with E-state index in [0.29, 0.717) is 25.8 Å². The number of benzene rings is 1. The van der Waals surface area contributed by atoms with Crippen molar-refractivity contribution in [2.75, 3.05) is 18.0 Å². The highest BCUT2D eigenvalue weighted by Crippen LogP contribution is 2.21. The topological polar surface area (TPSA) is 75.4 Å². The number of rotatable bonds is 5. The van der Waals surface area contributed by atoms with Crippen LogP contribution in [0.25, 0.3) is 0 Å². The zero-order valence-electron chi connectivity index (χ0n) is 16.4. The fraction of sp³-hybridized carbons (Fsp3) is 0.409. The van der Waals surface area contributed by atoms with E-state index >= 15 is 0 Å². The summed E-state index contributed by atoms with van der Waals surface area (Å²) in [5.74, 6) is 6.90. The summed E-state index contributed by atoms with van der Waals surface area (Å²) in [6, 6.07) is 7.66. The zero-order chi connectivity index (χ0) is 19.9. The summed E-state index contributed by atoms with van der Waals surface area (Å²) in [5.41, 5.74) is 3.61. The van der Waals surface area contributed by atoms with Crippen molar-refractivity contribution in [3.63, 3.8) is 0 Å². The van der Waals surface area contributed by atoms with Crippen molar-refractivity contribution in [2.24, 2.45) is 0 Å². The number of aryl methyl sites for hydroxylation is 2. The Morgan fingerprint density at radius 2 is 2.04 bits per heavy atom. The molecule has 3 rings (SSSR count). The number of anilines is 1. The average molecular weight is 379 g/mol. The second-order valence-electron chi connectivity index (χ2n) is 6.93. The van der Waals surface area contributed by atoms with Crippen molar-refractivity contribution in [1.29, 1.82) is 0 Å². The van der Waals surface area contributed by atoms with Gasteiger partial charge in [0.1, 0.15) is 5.76 Å². The molecule has 0 radical (unpaired) electrons. The van der Waals surface area contributed by atoms with Gasteiger partial charge in [0.15, 0.2) is 0 Å². The normalized spacial score (nSPS) is 13.8. The first-order valence-electron chi connectivity index (χ1n) is 9.62. The van der Waals surface area contributed by atoms with E-state index in [1.807, 2.05) is 43.0 Å². The fourth-order valence-electron chi connectivity index (χ4n) is 3.28. The quantitative estimate of drug-likeness (QED) is 0.811. The van der Waals surface area contributed by atoms with Crippen LogP contribution in [-0.2, 0) is 16.0 Å². The van der Waals surface area contributed by atoms with E-state index in [9.17, 15) is 9.59 Å². The van der Waals surface area contributed by atoms with Crippen molar-refractivity contribution in [2.45, 2.75) is 46.0 Å². The van der Waals surface area contributed by atoms with E-state index in [-0.39, 0.29) is 11.8 Å². The second kappa shape index (κ2) is 9.23. The molecule has 0 unspecified atom stereocenters. The van der Waals surface area contributed by atoms with Gasteiger partial charge in [0, 0.05) is 36.2 Å². The van der Waals surface area contributed by atoms with Crippen LogP contribution in [0.4, 0.5) is 5.69 Å². The number of amides is 2. The Labute approximate surface area is 165 Å². The summed E-state index contributed by atoms with van der Waals surface area (Å²) in [5, 5.41) is 6.70. The maximum atomic E-state index is 12.0. The van der Waals surface area contributed by atoms with Crippen LogP contribution in [0.5, 0.6) is 0 Å². The van der Waals surface area contributed by atoms with Gasteiger partial charge in [0.2, 0.25) is 11.8 Å². The smallest absolute Gasteiger partial charge is 0.226 e. The summed E-state index contributed by atoms with van der Waals surface area (Å²) < 4.78 is 5.10. The Kier molecular flexibility index (Phi) is 6.49. The molecule has 1 N–H and O–H groups in total. The predicted molar refractivity (Wildman–Crippen MR) is 107 cm³/mol. The molecule has 0 spiro atoms. The third kappa shape index (κ3) is 5.01. The largest absolute Gasteiger partial charge is 0.361 e. The van der Waals surface area contributed by atoms with Crippen molar-refractivity contribution in [3.05, 3.63) is 46.8 Å². The van der Waals surface area contributed by atoms with Gasteiger partial charge in [-0.1, -0.05) is 17.0 Å². The molecular weight excluding hydrogens is 354 g/mol. The van der Waals surface area contributed by atoms with Crippen LogP contribution in [0.2, 0.25) is 0 Å². The lowest BCUT2D eigenvalue weighted by Crippen LogP contribution is -2.35. The highest BCUT2D eigenvalue weighted by atomic mass is 16.5. The van der Waals surface area contributed by atoms with Crippen LogP contribution in [0.3, 0.4) is 0 Å². The van der Waals surface area contributed by atoms with Gasteiger partial charge >= 0.3 is 0 Å². The van der Waals surface area contributed by atoms with E-state index in [0.717, 1.165) is 47.7 Å². The van der Waals surface area contributed by atoms with Crippen LogP contribution in [0, 0.1) is 25.7 Å². The van der Waals surface area contributed by atoms with Gasteiger partial charge < -0.3 is 14.7 Å². The number of carbonyl (C=O) groups is 2. The lowest BCUT2D eigenvalue weighted by atomic mass is 10.1. The molecule has 1 aromatic carbocycles.